The van der Waals surface area contributed by atoms with Gasteiger partial charge in [-0.2, -0.15) is 0 Å². The normalized spacial score (nSPS) is 10.2. The molecule has 2 rings (SSSR count). The number of carbonyl (C=O) groups excluding carboxylic acids is 1. The molecule has 0 fully saturated rings. The second-order valence-corrected chi connectivity index (χ2v) is 5.83. The summed E-state index contributed by atoms with van der Waals surface area (Å²) in [6.45, 7) is 6.78. The quantitative estimate of drug-likeness (QED) is 0.733. The van der Waals surface area contributed by atoms with E-state index in [1.54, 1.807) is 4.90 Å². The minimum absolute atomic E-state index is 0.0636. The van der Waals surface area contributed by atoms with E-state index in [-0.39, 0.29) is 5.91 Å². The molecule has 1 amide bonds. The average molecular weight is 344 g/mol. The number of rotatable bonds is 5. The summed E-state index contributed by atoms with van der Waals surface area (Å²) in [5.41, 5.74) is 3.39. The van der Waals surface area contributed by atoms with Crippen LogP contribution in [0.1, 0.15) is 16.7 Å². The predicted octanol–water partition coefficient (Wildman–Crippen LogP) is 4.47. The van der Waals surface area contributed by atoms with Crippen molar-refractivity contribution in [2.75, 3.05) is 0 Å². The van der Waals surface area contributed by atoms with Crippen LogP contribution < -0.4 is 0 Å². The number of hydrogen-bond donors (Lipinski definition) is 0. The summed E-state index contributed by atoms with van der Waals surface area (Å²) >= 11 is 3.57. The van der Waals surface area contributed by atoms with Crippen molar-refractivity contribution in [1.82, 2.24) is 4.90 Å². The highest BCUT2D eigenvalue weighted by Gasteiger charge is 2.13. The van der Waals surface area contributed by atoms with Gasteiger partial charge in [-0.15, -0.1) is 0 Å². The van der Waals surface area contributed by atoms with Crippen LogP contribution in [0, 0.1) is 6.92 Å². The Hall–Kier alpha value is -1.87. The van der Waals surface area contributed by atoms with Gasteiger partial charge in [0.05, 0.1) is 0 Å². The van der Waals surface area contributed by atoms with Crippen molar-refractivity contribution in [3.63, 3.8) is 0 Å². The van der Waals surface area contributed by atoms with E-state index in [1.807, 2.05) is 43.3 Å². The van der Waals surface area contributed by atoms with Gasteiger partial charge < -0.3 is 4.90 Å². The molecule has 0 N–H and O–H groups in total. The maximum Gasteiger partial charge on any atom is 0.246 e. The van der Waals surface area contributed by atoms with Gasteiger partial charge in [0.25, 0.3) is 0 Å². The van der Waals surface area contributed by atoms with Crippen LogP contribution in [0.15, 0.2) is 65.7 Å². The zero-order valence-electron chi connectivity index (χ0n) is 12.1. The van der Waals surface area contributed by atoms with E-state index in [0.29, 0.717) is 13.1 Å². The maximum absolute atomic E-state index is 12.1. The van der Waals surface area contributed by atoms with Crippen molar-refractivity contribution in [3.8, 4) is 0 Å². The summed E-state index contributed by atoms with van der Waals surface area (Å²) in [5.74, 6) is -0.0636. The highest BCUT2D eigenvalue weighted by molar-refractivity contribution is 9.10. The third-order valence-corrected chi connectivity index (χ3v) is 4.01. The molecular weight excluding hydrogens is 326 g/mol. The lowest BCUT2D eigenvalue weighted by molar-refractivity contribution is -0.127. The summed E-state index contributed by atoms with van der Waals surface area (Å²) in [5, 5.41) is 0. The lowest BCUT2D eigenvalue weighted by Gasteiger charge is -2.22. The van der Waals surface area contributed by atoms with Crippen molar-refractivity contribution in [2.45, 2.75) is 20.0 Å². The van der Waals surface area contributed by atoms with E-state index >= 15 is 0 Å². The van der Waals surface area contributed by atoms with Crippen molar-refractivity contribution < 1.29 is 4.79 Å². The molecule has 0 aromatic heterocycles. The first-order chi connectivity index (χ1) is 10.1. The summed E-state index contributed by atoms with van der Waals surface area (Å²) in [6.07, 6.45) is 1.37. The molecule has 0 saturated heterocycles. The van der Waals surface area contributed by atoms with Gasteiger partial charge >= 0.3 is 0 Å². The second kappa shape index (κ2) is 7.23. The molecule has 2 aromatic rings. The number of nitrogens with zero attached hydrogens (tertiary/aromatic N) is 1. The first-order valence-corrected chi connectivity index (χ1v) is 7.59. The van der Waals surface area contributed by atoms with Crippen LogP contribution in [0.25, 0.3) is 0 Å². The topological polar surface area (TPSA) is 20.3 Å². The molecule has 0 aliphatic heterocycles. The number of amides is 1. The minimum atomic E-state index is -0.0636. The van der Waals surface area contributed by atoms with E-state index in [0.717, 1.165) is 15.6 Å². The third kappa shape index (κ3) is 4.30. The van der Waals surface area contributed by atoms with Crippen LogP contribution in [0.2, 0.25) is 0 Å². The maximum atomic E-state index is 12.1. The van der Waals surface area contributed by atoms with E-state index in [4.69, 9.17) is 0 Å². The Morgan fingerprint density at radius 2 is 1.90 bits per heavy atom. The van der Waals surface area contributed by atoms with Crippen LogP contribution in [0.4, 0.5) is 0 Å². The minimum Gasteiger partial charge on any atom is -0.330 e. The zero-order chi connectivity index (χ0) is 15.2. The van der Waals surface area contributed by atoms with Gasteiger partial charge in [-0.05, 0) is 35.8 Å². The Labute approximate surface area is 134 Å². The molecular formula is C18H18BrNO. The van der Waals surface area contributed by atoms with Crippen LogP contribution >= 0.6 is 15.9 Å². The van der Waals surface area contributed by atoms with Crippen LogP contribution in [0.3, 0.4) is 0 Å². The average Bonchev–Trinajstić information content (AvgIpc) is 2.49. The molecule has 0 heterocycles. The van der Waals surface area contributed by atoms with E-state index in [9.17, 15) is 4.79 Å². The monoisotopic (exact) mass is 343 g/mol. The van der Waals surface area contributed by atoms with Gasteiger partial charge in [-0.1, -0.05) is 65.0 Å². The molecule has 0 bridgehead atoms. The van der Waals surface area contributed by atoms with Crippen molar-refractivity contribution in [2.24, 2.45) is 0 Å². The Bertz CT molecular complexity index is 637. The molecule has 21 heavy (non-hydrogen) atoms. The molecule has 108 valence electrons. The van der Waals surface area contributed by atoms with E-state index < -0.39 is 0 Å². The lowest BCUT2D eigenvalue weighted by atomic mass is 10.1. The van der Waals surface area contributed by atoms with Gasteiger partial charge in [0.15, 0.2) is 0 Å². The Morgan fingerprint density at radius 3 is 2.52 bits per heavy atom. The molecule has 0 saturated carbocycles. The van der Waals surface area contributed by atoms with Crippen LogP contribution in [-0.2, 0) is 17.9 Å². The van der Waals surface area contributed by atoms with Crippen molar-refractivity contribution >= 4 is 21.8 Å². The van der Waals surface area contributed by atoms with E-state index in [1.165, 1.54) is 11.6 Å². The molecule has 0 aliphatic carbocycles. The fourth-order valence-corrected chi connectivity index (χ4v) is 2.75. The van der Waals surface area contributed by atoms with Crippen LogP contribution in [0.5, 0.6) is 0 Å². The van der Waals surface area contributed by atoms with Gasteiger partial charge in [0, 0.05) is 17.6 Å². The predicted molar refractivity (Wildman–Crippen MR) is 89.8 cm³/mol. The molecule has 0 unspecified atom stereocenters. The first-order valence-electron chi connectivity index (χ1n) is 6.80. The van der Waals surface area contributed by atoms with Crippen LogP contribution in [-0.4, -0.2) is 10.8 Å². The summed E-state index contributed by atoms with van der Waals surface area (Å²) in [7, 11) is 0. The Morgan fingerprint density at radius 1 is 1.19 bits per heavy atom. The van der Waals surface area contributed by atoms with Gasteiger partial charge in [-0.3, -0.25) is 4.79 Å². The molecule has 2 aromatic carbocycles. The van der Waals surface area contributed by atoms with Gasteiger partial charge in [0.2, 0.25) is 5.91 Å². The highest BCUT2D eigenvalue weighted by atomic mass is 79.9. The number of aryl methyl sites for hydroxylation is 1. The molecule has 0 spiro atoms. The number of hydrogen-bond acceptors (Lipinski definition) is 1. The molecule has 0 atom stereocenters. The smallest absolute Gasteiger partial charge is 0.246 e. The Kier molecular flexibility index (Phi) is 5.34. The molecule has 3 heteroatoms. The SMILES string of the molecule is C=CC(=O)N(Cc1ccccc1)Cc1ccc(C)cc1Br. The standard InChI is InChI=1S/C18H18BrNO/c1-3-18(21)20(12-15-7-5-4-6-8-15)13-16-10-9-14(2)11-17(16)19/h3-11H,1,12-13H2,2H3. The Balaban J connectivity index is 2.20. The van der Waals surface area contributed by atoms with Crippen molar-refractivity contribution in [1.29, 1.82) is 0 Å². The first kappa shape index (κ1) is 15.5. The highest BCUT2D eigenvalue weighted by Crippen LogP contribution is 2.21. The second-order valence-electron chi connectivity index (χ2n) is 4.98. The molecule has 0 radical (unpaired) electrons. The summed E-state index contributed by atoms with van der Waals surface area (Å²) in [6, 6.07) is 16.1. The fraction of sp³-hybridized carbons (Fsp3) is 0.167. The molecule has 2 nitrogen and oxygen atoms in total. The largest absolute Gasteiger partial charge is 0.330 e. The number of carbonyl (C=O) groups is 1. The van der Waals surface area contributed by atoms with Crippen molar-refractivity contribution in [3.05, 3.63) is 82.3 Å². The third-order valence-electron chi connectivity index (χ3n) is 3.27. The molecule has 0 aliphatic rings. The number of halogens is 1. The van der Waals surface area contributed by atoms with Gasteiger partial charge in [-0.25, -0.2) is 0 Å². The lowest BCUT2D eigenvalue weighted by Crippen LogP contribution is -2.28. The number of benzene rings is 2. The van der Waals surface area contributed by atoms with Gasteiger partial charge in [0.1, 0.15) is 0 Å². The zero-order valence-corrected chi connectivity index (χ0v) is 13.6. The fourth-order valence-electron chi connectivity index (χ4n) is 2.13. The summed E-state index contributed by atoms with van der Waals surface area (Å²) in [4.78, 5) is 13.9. The summed E-state index contributed by atoms with van der Waals surface area (Å²) < 4.78 is 1.03. The van der Waals surface area contributed by atoms with E-state index in [2.05, 4.69) is 34.6 Å².